The Kier molecular flexibility index (Phi) is 9.29. The molecule has 1 rings (SSSR count). The molecule has 27 heavy (non-hydrogen) atoms. The lowest BCUT2D eigenvalue weighted by Gasteiger charge is -2.25. The van der Waals surface area contributed by atoms with E-state index in [0.717, 1.165) is 5.56 Å². The standard InChI is InChI=1S/C19H29N3O5/c1-4-14(16(23)18(25)26)21-17(24)15(10-12(2)3)22-19(27)20-11-13-8-6-5-7-9-13/h5-9,12,14-16,23H,4,10-11H2,1-3H3,(H,21,24)(H,25,26)(H2,20,22,27). The third-order valence-electron chi connectivity index (χ3n) is 4.03. The van der Waals surface area contributed by atoms with Crippen molar-refractivity contribution in [2.45, 2.75) is 58.3 Å². The summed E-state index contributed by atoms with van der Waals surface area (Å²) in [5, 5.41) is 26.4. The predicted octanol–water partition coefficient (Wildman–Crippen LogP) is 1.24. The number of urea groups is 1. The molecule has 0 aliphatic carbocycles. The second-order valence-electron chi connectivity index (χ2n) is 6.80. The Morgan fingerprint density at radius 2 is 1.70 bits per heavy atom. The number of hydrogen-bond acceptors (Lipinski definition) is 4. The van der Waals surface area contributed by atoms with Crippen LogP contribution in [0.3, 0.4) is 0 Å². The third-order valence-corrected chi connectivity index (χ3v) is 4.03. The molecule has 8 nitrogen and oxygen atoms in total. The number of nitrogens with one attached hydrogen (secondary N) is 3. The van der Waals surface area contributed by atoms with Crippen LogP contribution in [0, 0.1) is 5.92 Å². The normalized spacial score (nSPS) is 14.1. The van der Waals surface area contributed by atoms with Gasteiger partial charge in [-0.2, -0.15) is 0 Å². The summed E-state index contributed by atoms with van der Waals surface area (Å²) in [6.45, 7) is 5.80. The van der Waals surface area contributed by atoms with Crippen LogP contribution in [-0.4, -0.2) is 46.3 Å². The summed E-state index contributed by atoms with van der Waals surface area (Å²) in [6.07, 6.45) is -1.08. The Morgan fingerprint density at radius 3 is 2.22 bits per heavy atom. The van der Waals surface area contributed by atoms with E-state index < -0.39 is 36.1 Å². The molecule has 0 aliphatic heterocycles. The number of carbonyl (C=O) groups excluding carboxylic acids is 2. The van der Waals surface area contributed by atoms with E-state index in [4.69, 9.17) is 5.11 Å². The van der Waals surface area contributed by atoms with Gasteiger partial charge in [0.15, 0.2) is 6.10 Å². The van der Waals surface area contributed by atoms with Crippen molar-refractivity contribution in [3.05, 3.63) is 35.9 Å². The number of aliphatic hydroxyl groups is 1. The quantitative estimate of drug-likeness (QED) is 0.418. The first-order valence-corrected chi connectivity index (χ1v) is 9.04. The number of rotatable bonds is 10. The number of aliphatic hydroxyl groups excluding tert-OH is 1. The highest BCUT2D eigenvalue weighted by Crippen LogP contribution is 2.07. The molecule has 0 radical (unpaired) electrons. The number of aliphatic carboxylic acids is 1. The summed E-state index contributed by atoms with van der Waals surface area (Å²) >= 11 is 0. The average Bonchev–Trinajstić information content (AvgIpc) is 2.63. The smallest absolute Gasteiger partial charge is 0.334 e. The topological polar surface area (TPSA) is 128 Å². The fraction of sp³-hybridized carbons (Fsp3) is 0.526. The van der Waals surface area contributed by atoms with E-state index in [1.54, 1.807) is 6.92 Å². The molecular weight excluding hydrogens is 350 g/mol. The van der Waals surface area contributed by atoms with E-state index in [-0.39, 0.29) is 12.3 Å². The molecule has 0 aliphatic rings. The number of carboxylic acid groups (broad SMARTS) is 1. The Labute approximate surface area is 159 Å². The zero-order chi connectivity index (χ0) is 20.4. The van der Waals surface area contributed by atoms with Gasteiger partial charge in [0.2, 0.25) is 5.91 Å². The minimum absolute atomic E-state index is 0.125. The number of amides is 3. The van der Waals surface area contributed by atoms with Gasteiger partial charge in [0, 0.05) is 6.54 Å². The largest absolute Gasteiger partial charge is 0.479 e. The first-order valence-electron chi connectivity index (χ1n) is 9.04. The molecule has 3 unspecified atom stereocenters. The molecule has 0 bridgehead atoms. The second-order valence-corrected chi connectivity index (χ2v) is 6.80. The molecule has 5 N–H and O–H groups in total. The maximum absolute atomic E-state index is 12.5. The van der Waals surface area contributed by atoms with Crippen LogP contribution in [0.5, 0.6) is 0 Å². The van der Waals surface area contributed by atoms with Crippen LogP contribution in [0.4, 0.5) is 4.79 Å². The molecule has 0 fully saturated rings. The highest BCUT2D eigenvalue weighted by molar-refractivity contribution is 5.87. The van der Waals surface area contributed by atoms with Crippen LogP contribution < -0.4 is 16.0 Å². The van der Waals surface area contributed by atoms with E-state index in [9.17, 15) is 19.5 Å². The van der Waals surface area contributed by atoms with Crippen molar-refractivity contribution >= 4 is 17.9 Å². The van der Waals surface area contributed by atoms with Crippen molar-refractivity contribution in [1.29, 1.82) is 0 Å². The summed E-state index contributed by atoms with van der Waals surface area (Å²) in [5.41, 5.74) is 0.924. The Morgan fingerprint density at radius 1 is 1.07 bits per heavy atom. The van der Waals surface area contributed by atoms with E-state index in [1.807, 2.05) is 44.2 Å². The Hall–Kier alpha value is -2.61. The Bertz CT molecular complexity index is 621. The van der Waals surface area contributed by atoms with Gasteiger partial charge in [0.05, 0.1) is 6.04 Å². The van der Waals surface area contributed by atoms with Crippen LogP contribution in [0.1, 0.15) is 39.2 Å². The minimum atomic E-state index is -1.70. The molecule has 0 aromatic heterocycles. The van der Waals surface area contributed by atoms with Gasteiger partial charge in [0.25, 0.3) is 0 Å². The van der Waals surface area contributed by atoms with Crippen LogP contribution in [0.2, 0.25) is 0 Å². The molecule has 1 aromatic carbocycles. The van der Waals surface area contributed by atoms with Gasteiger partial charge in [-0.15, -0.1) is 0 Å². The second kappa shape index (κ2) is 11.2. The minimum Gasteiger partial charge on any atom is -0.479 e. The molecule has 1 aromatic rings. The molecule has 3 amide bonds. The number of carbonyl (C=O) groups is 3. The van der Waals surface area contributed by atoms with Crippen LogP contribution in [0.25, 0.3) is 0 Å². The zero-order valence-electron chi connectivity index (χ0n) is 15.9. The lowest BCUT2D eigenvalue weighted by Crippen LogP contribution is -2.55. The van der Waals surface area contributed by atoms with E-state index >= 15 is 0 Å². The van der Waals surface area contributed by atoms with Crippen molar-refractivity contribution in [2.75, 3.05) is 0 Å². The van der Waals surface area contributed by atoms with Crippen molar-refractivity contribution in [2.24, 2.45) is 5.92 Å². The van der Waals surface area contributed by atoms with Gasteiger partial charge in [-0.3, -0.25) is 4.79 Å². The summed E-state index contributed by atoms with van der Waals surface area (Å²) < 4.78 is 0. The molecule has 0 spiro atoms. The van der Waals surface area contributed by atoms with Crippen LogP contribution in [0.15, 0.2) is 30.3 Å². The average molecular weight is 379 g/mol. The van der Waals surface area contributed by atoms with Gasteiger partial charge in [0.1, 0.15) is 6.04 Å². The van der Waals surface area contributed by atoms with Crippen molar-refractivity contribution in [3.8, 4) is 0 Å². The summed E-state index contributed by atoms with van der Waals surface area (Å²) in [7, 11) is 0. The molecule has 8 heteroatoms. The van der Waals surface area contributed by atoms with E-state index in [0.29, 0.717) is 13.0 Å². The molecular formula is C19H29N3O5. The van der Waals surface area contributed by atoms with Gasteiger partial charge in [-0.25, -0.2) is 9.59 Å². The first kappa shape index (κ1) is 22.4. The molecule has 3 atom stereocenters. The third kappa shape index (κ3) is 8.08. The maximum Gasteiger partial charge on any atom is 0.334 e. The fourth-order valence-electron chi connectivity index (χ4n) is 2.55. The summed E-state index contributed by atoms with van der Waals surface area (Å²) in [5.74, 6) is -1.80. The predicted molar refractivity (Wildman–Crippen MR) is 101 cm³/mol. The van der Waals surface area contributed by atoms with Gasteiger partial charge in [-0.1, -0.05) is 51.1 Å². The lowest BCUT2D eigenvalue weighted by atomic mass is 10.0. The SMILES string of the molecule is CCC(NC(=O)C(CC(C)C)NC(=O)NCc1ccccc1)C(O)C(=O)O. The fourth-order valence-corrected chi connectivity index (χ4v) is 2.55. The zero-order valence-corrected chi connectivity index (χ0v) is 15.9. The van der Waals surface area contributed by atoms with E-state index in [1.165, 1.54) is 0 Å². The molecule has 150 valence electrons. The van der Waals surface area contributed by atoms with Crippen molar-refractivity contribution in [3.63, 3.8) is 0 Å². The number of benzene rings is 1. The van der Waals surface area contributed by atoms with Gasteiger partial charge in [-0.05, 0) is 24.3 Å². The van der Waals surface area contributed by atoms with Crippen LogP contribution >= 0.6 is 0 Å². The van der Waals surface area contributed by atoms with Gasteiger partial charge >= 0.3 is 12.0 Å². The van der Waals surface area contributed by atoms with Crippen LogP contribution in [-0.2, 0) is 16.1 Å². The Balaban J connectivity index is 2.68. The molecule has 0 heterocycles. The van der Waals surface area contributed by atoms with Gasteiger partial charge < -0.3 is 26.2 Å². The van der Waals surface area contributed by atoms with E-state index in [2.05, 4.69) is 16.0 Å². The molecule has 0 saturated heterocycles. The highest BCUT2D eigenvalue weighted by Gasteiger charge is 2.29. The first-order chi connectivity index (χ1) is 12.7. The summed E-state index contributed by atoms with van der Waals surface area (Å²) in [4.78, 5) is 35.6. The highest BCUT2D eigenvalue weighted by atomic mass is 16.4. The maximum atomic E-state index is 12.5. The van der Waals surface area contributed by atoms with Crippen molar-refractivity contribution < 1.29 is 24.6 Å². The monoisotopic (exact) mass is 379 g/mol. The number of carboxylic acids is 1. The van der Waals surface area contributed by atoms with Crippen molar-refractivity contribution in [1.82, 2.24) is 16.0 Å². The number of hydrogen-bond donors (Lipinski definition) is 5. The molecule has 0 saturated carbocycles. The summed E-state index contributed by atoms with van der Waals surface area (Å²) in [6, 6.07) is 7.09. The lowest BCUT2D eigenvalue weighted by molar-refractivity contribution is -0.148.